The molecule has 0 saturated heterocycles. The molecule has 2 atom stereocenters. The highest BCUT2D eigenvalue weighted by molar-refractivity contribution is 5.79. The molecule has 1 aromatic carbocycles. The number of ether oxygens (including phenoxy) is 2. The van der Waals surface area contributed by atoms with Crippen molar-refractivity contribution in [1.29, 1.82) is 0 Å². The van der Waals surface area contributed by atoms with E-state index in [4.69, 9.17) is 9.47 Å². The predicted octanol–water partition coefficient (Wildman–Crippen LogP) is 8.22. The molecule has 2 aliphatic rings. The van der Waals surface area contributed by atoms with Crippen molar-refractivity contribution >= 4 is 12.3 Å². The summed E-state index contributed by atoms with van der Waals surface area (Å²) in [6.45, 7) is 13.6. The first-order valence-corrected chi connectivity index (χ1v) is 13.3. The molecular weight excluding hydrogens is 481 g/mol. The van der Waals surface area contributed by atoms with Gasteiger partial charge in [0.1, 0.15) is 23.4 Å². The number of esters is 1. The third kappa shape index (κ3) is 6.97. The molecule has 4 nitrogen and oxygen atoms in total. The van der Waals surface area contributed by atoms with Crippen LogP contribution in [-0.2, 0) is 15.0 Å². The fourth-order valence-electron chi connectivity index (χ4n) is 5.44. The van der Waals surface area contributed by atoms with E-state index in [1.807, 2.05) is 32.1 Å². The van der Waals surface area contributed by atoms with Gasteiger partial charge in [-0.3, -0.25) is 9.59 Å². The van der Waals surface area contributed by atoms with Crippen LogP contribution in [0, 0.1) is 11.3 Å². The second-order valence-corrected chi connectivity index (χ2v) is 12.8. The van der Waals surface area contributed by atoms with E-state index >= 15 is 0 Å². The van der Waals surface area contributed by atoms with E-state index in [9.17, 15) is 22.8 Å². The second-order valence-electron chi connectivity index (χ2n) is 12.8. The molecule has 0 spiro atoms. The van der Waals surface area contributed by atoms with Crippen LogP contribution >= 0.6 is 0 Å². The van der Waals surface area contributed by atoms with Gasteiger partial charge in [0, 0.05) is 23.8 Å². The lowest BCUT2D eigenvalue weighted by atomic mass is 9.66. The molecule has 1 heterocycles. The van der Waals surface area contributed by atoms with Gasteiger partial charge in [-0.2, -0.15) is 13.2 Å². The summed E-state index contributed by atoms with van der Waals surface area (Å²) < 4.78 is 50.1. The van der Waals surface area contributed by atoms with Crippen LogP contribution in [0.4, 0.5) is 13.2 Å². The van der Waals surface area contributed by atoms with Crippen LogP contribution < -0.4 is 9.47 Å². The monoisotopic (exact) mass is 522 g/mol. The van der Waals surface area contributed by atoms with Gasteiger partial charge in [-0.25, -0.2) is 0 Å². The summed E-state index contributed by atoms with van der Waals surface area (Å²) in [4.78, 5) is 24.6. The van der Waals surface area contributed by atoms with Crippen molar-refractivity contribution in [2.24, 2.45) is 11.3 Å². The lowest BCUT2D eigenvalue weighted by Crippen LogP contribution is -2.46. The highest BCUT2D eigenvalue weighted by Crippen LogP contribution is 2.55. The van der Waals surface area contributed by atoms with Crippen LogP contribution in [0.1, 0.15) is 110 Å². The van der Waals surface area contributed by atoms with Crippen LogP contribution in [0.5, 0.6) is 11.5 Å². The molecule has 0 N–H and O–H groups in total. The Morgan fingerprint density at radius 2 is 1.73 bits per heavy atom. The third-order valence-corrected chi connectivity index (χ3v) is 7.83. The number of rotatable bonds is 8. The Hall–Kier alpha value is -2.31. The van der Waals surface area contributed by atoms with Gasteiger partial charge in [0.15, 0.2) is 0 Å². The molecule has 0 saturated carbocycles. The number of carbonyl (C=O) groups excluding carboxylic acids is 2. The Morgan fingerprint density at radius 1 is 1.08 bits per heavy atom. The number of hydrogen-bond donors (Lipinski definition) is 0. The molecule has 3 rings (SSSR count). The Balaban J connectivity index is 1.99. The molecule has 1 aliphatic carbocycles. The molecule has 0 fully saturated rings. The van der Waals surface area contributed by atoms with Gasteiger partial charge in [0.05, 0.1) is 5.41 Å². The molecule has 206 valence electrons. The summed E-state index contributed by atoms with van der Waals surface area (Å²) in [5.41, 5.74) is 0.885. The van der Waals surface area contributed by atoms with E-state index in [0.29, 0.717) is 43.6 Å². The zero-order valence-electron chi connectivity index (χ0n) is 23.2. The molecule has 1 aromatic rings. The molecule has 37 heavy (non-hydrogen) atoms. The van der Waals surface area contributed by atoms with Crippen LogP contribution in [0.25, 0.3) is 0 Å². The maximum Gasteiger partial charge on any atom is 0.389 e. The van der Waals surface area contributed by atoms with Gasteiger partial charge in [-0.1, -0.05) is 32.8 Å². The van der Waals surface area contributed by atoms with Gasteiger partial charge in [-0.15, -0.1) is 0 Å². The molecule has 1 aliphatic heterocycles. The SMILES string of the molecule is CC(C)(C)C(=O)Oc1cc(C(C)(C)CCCCCC(F)(F)F)cc2c1C1CC(C=O)=CCC1C(C)(C)O2. The lowest BCUT2D eigenvalue weighted by Gasteiger charge is -2.47. The summed E-state index contributed by atoms with van der Waals surface area (Å²) in [6, 6.07) is 3.90. The van der Waals surface area contributed by atoms with Crippen LogP contribution in [0.2, 0.25) is 0 Å². The number of halogens is 3. The minimum atomic E-state index is -4.13. The minimum absolute atomic E-state index is 0.0359. The van der Waals surface area contributed by atoms with Gasteiger partial charge >= 0.3 is 12.1 Å². The first kappa shape index (κ1) is 29.2. The Kier molecular flexibility index (Phi) is 8.26. The zero-order chi connectivity index (χ0) is 27.8. The van der Waals surface area contributed by atoms with E-state index in [1.54, 1.807) is 20.8 Å². The number of benzene rings is 1. The number of alkyl halides is 3. The molecule has 0 amide bonds. The van der Waals surface area contributed by atoms with E-state index in [1.165, 1.54) is 0 Å². The zero-order valence-corrected chi connectivity index (χ0v) is 23.2. The van der Waals surface area contributed by atoms with Crippen molar-refractivity contribution in [3.8, 4) is 11.5 Å². The maximum atomic E-state index is 13.0. The van der Waals surface area contributed by atoms with Crippen LogP contribution in [0.15, 0.2) is 23.8 Å². The van der Waals surface area contributed by atoms with Gasteiger partial charge in [0.2, 0.25) is 0 Å². The number of unbranched alkanes of at least 4 members (excludes halogenated alkanes) is 2. The van der Waals surface area contributed by atoms with Gasteiger partial charge in [0.25, 0.3) is 0 Å². The van der Waals surface area contributed by atoms with Crippen molar-refractivity contribution in [2.45, 2.75) is 117 Å². The normalized spacial score (nSPS) is 21.3. The number of carbonyl (C=O) groups is 2. The summed E-state index contributed by atoms with van der Waals surface area (Å²) >= 11 is 0. The quantitative estimate of drug-likeness (QED) is 0.149. The van der Waals surface area contributed by atoms with E-state index in [-0.39, 0.29) is 29.6 Å². The van der Waals surface area contributed by atoms with Gasteiger partial charge in [-0.05, 0) is 89.0 Å². The van der Waals surface area contributed by atoms with Gasteiger partial charge < -0.3 is 9.47 Å². The van der Waals surface area contributed by atoms with E-state index < -0.39 is 23.6 Å². The van der Waals surface area contributed by atoms with Crippen molar-refractivity contribution in [1.82, 2.24) is 0 Å². The standard InChI is InChI=1S/C30H41F3O4/c1-27(2,3)26(35)36-23-16-20(28(4,5)13-9-8-10-14-30(31,32)33)17-24-25(23)21-15-19(18-34)11-12-22(21)29(6,7)37-24/h11,16-18,21-22H,8-10,12-15H2,1-7H3. The van der Waals surface area contributed by atoms with Crippen molar-refractivity contribution in [3.05, 3.63) is 34.9 Å². The van der Waals surface area contributed by atoms with Crippen molar-refractivity contribution in [2.75, 3.05) is 0 Å². The highest BCUT2D eigenvalue weighted by Gasteiger charge is 2.47. The van der Waals surface area contributed by atoms with Crippen molar-refractivity contribution < 1.29 is 32.2 Å². The molecule has 2 unspecified atom stereocenters. The number of fused-ring (bicyclic) bond motifs is 3. The van der Waals surface area contributed by atoms with Crippen LogP contribution in [0.3, 0.4) is 0 Å². The molecule has 0 aromatic heterocycles. The smallest absolute Gasteiger partial charge is 0.389 e. The lowest BCUT2D eigenvalue weighted by molar-refractivity contribution is -0.143. The summed E-state index contributed by atoms with van der Waals surface area (Å²) in [6.07, 6.45) is 1.18. The summed E-state index contributed by atoms with van der Waals surface area (Å²) in [5.74, 6) is 0.822. The molecular formula is C30H41F3O4. The van der Waals surface area contributed by atoms with Crippen molar-refractivity contribution in [3.63, 3.8) is 0 Å². The Bertz CT molecular complexity index is 1040. The van der Waals surface area contributed by atoms with E-state index in [0.717, 1.165) is 23.0 Å². The second kappa shape index (κ2) is 10.5. The number of aldehydes is 1. The Labute approximate surface area is 219 Å². The average Bonchev–Trinajstić information content (AvgIpc) is 2.76. The first-order valence-electron chi connectivity index (χ1n) is 13.3. The average molecular weight is 523 g/mol. The summed E-state index contributed by atoms with van der Waals surface area (Å²) in [7, 11) is 0. The number of hydrogen-bond acceptors (Lipinski definition) is 4. The molecule has 7 heteroatoms. The Morgan fingerprint density at radius 3 is 2.32 bits per heavy atom. The third-order valence-electron chi connectivity index (χ3n) is 7.83. The highest BCUT2D eigenvalue weighted by atomic mass is 19.4. The maximum absolute atomic E-state index is 13.0. The molecule has 0 radical (unpaired) electrons. The fourth-order valence-corrected chi connectivity index (χ4v) is 5.44. The fraction of sp³-hybridized carbons (Fsp3) is 0.667. The predicted molar refractivity (Wildman–Crippen MR) is 138 cm³/mol. The summed E-state index contributed by atoms with van der Waals surface area (Å²) in [5, 5.41) is 0. The first-order chi connectivity index (χ1) is 16.9. The molecule has 0 bridgehead atoms. The van der Waals surface area contributed by atoms with Crippen LogP contribution in [-0.4, -0.2) is 24.0 Å². The number of allylic oxidation sites excluding steroid dienone is 2. The van der Waals surface area contributed by atoms with E-state index in [2.05, 4.69) is 13.8 Å². The topological polar surface area (TPSA) is 52.6 Å². The largest absolute Gasteiger partial charge is 0.487 e. The minimum Gasteiger partial charge on any atom is -0.487 e.